The molecule has 2 nitrogen and oxygen atoms in total. The molecule has 0 fully saturated rings. The average molecular weight is 228 g/mol. The van der Waals surface area contributed by atoms with Gasteiger partial charge in [-0.1, -0.05) is 39.5 Å². The third-order valence-corrected chi connectivity index (χ3v) is 3.15. The van der Waals surface area contributed by atoms with Gasteiger partial charge < -0.3 is 10.2 Å². The second-order valence-electron chi connectivity index (χ2n) is 5.29. The SMILES string of the molecule is CCC(C)CNCCCCCCCN(C)C. The maximum atomic E-state index is 3.54. The van der Waals surface area contributed by atoms with E-state index in [1.54, 1.807) is 0 Å². The molecule has 0 aromatic heterocycles. The summed E-state index contributed by atoms with van der Waals surface area (Å²) in [5, 5.41) is 3.54. The molecule has 0 saturated heterocycles. The number of hydrogen-bond donors (Lipinski definition) is 1. The maximum Gasteiger partial charge on any atom is -0.00233 e. The highest BCUT2D eigenvalue weighted by Crippen LogP contribution is 2.03. The standard InChI is InChI=1S/C14H32N2/c1-5-14(2)13-15-11-9-7-6-8-10-12-16(3)4/h14-15H,5-13H2,1-4H3. The van der Waals surface area contributed by atoms with Crippen LogP contribution >= 0.6 is 0 Å². The Hall–Kier alpha value is -0.0800. The van der Waals surface area contributed by atoms with Gasteiger partial charge in [0.05, 0.1) is 0 Å². The van der Waals surface area contributed by atoms with E-state index in [1.165, 1.54) is 58.2 Å². The fraction of sp³-hybridized carbons (Fsp3) is 1.00. The molecule has 0 aromatic carbocycles. The van der Waals surface area contributed by atoms with Gasteiger partial charge in [0, 0.05) is 0 Å². The molecular weight excluding hydrogens is 196 g/mol. The summed E-state index contributed by atoms with van der Waals surface area (Å²) in [6.45, 7) is 8.22. The normalized spacial score (nSPS) is 13.3. The lowest BCUT2D eigenvalue weighted by Gasteiger charge is -2.10. The highest BCUT2D eigenvalue weighted by Gasteiger charge is 1.97. The molecule has 2 heteroatoms. The topological polar surface area (TPSA) is 15.3 Å². The quantitative estimate of drug-likeness (QED) is 0.547. The Balaban J connectivity index is 2.99. The first-order chi connectivity index (χ1) is 7.66. The van der Waals surface area contributed by atoms with Crippen LogP contribution in [0.1, 0.15) is 52.4 Å². The van der Waals surface area contributed by atoms with Gasteiger partial charge in [0.15, 0.2) is 0 Å². The van der Waals surface area contributed by atoms with Gasteiger partial charge in [0.2, 0.25) is 0 Å². The number of hydrogen-bond acceptors (Lipinski definition) is 2. The minimum absolute atomic E-state index is 0.833. The lowest BCUT2D eigenvalue weighted by molar-refractivity contribution is 0.389. The Morgan fingerprint density at radius 2 is 1.62 bits per heavy atom. The van der Waals surface area contributed by atoms with Crippen LogP contribution in [0.15, 0.2) is 0 Å². The van der Waals surface area contributed by atoms with Crippen molar-refractivity contribution in [2.75, 3.05) is 33.7 Å². The van der Waals surface area contributed by atoms with E-state index in [1.807, 2.05) is 0 Å². The lowest BCUT2D eigenvalue weighted by Crippen LogP contribution is -2.21. The van der Waals surface area contributed by atoms with Gasteiger partial charge in [-0.25, -0.2) is 0 Å². The Kier molecular flexibility index (Phi) is 11.3. The molecule has 1 atom stereocenters. The summed E-state index contributed by atoms with van der Waals surface area (Å²) in [7, 11) is 4.30. The summed E-state index contributed by atoms with van der Waals surface area (Å²) in [6, 6.07) is 0. The molecule has 0 heterocycles. The summed E-state index contributed by atoms with van der Waals surface area (Å²) in [4.78, 5) is 2.27. The van der Waals surface area contributed by atoms with Crippen molar-refractivity contribution in [3.05, 3.63) is 0 Å². The molecule has 0 aliphatic carbocycles. The summed E-state index contributed by atoms with van der Waals surface area (Å²) in [5.74, 6) is 0.833. The molecule has 0 aromatic rings. The first-order valence-electron chi connectivity index (χ1n) is 7.02. The van der Waals surface area contributed by atoms with Crippen LogP contribution in [0.4, 0.5) is 0 Å². The maximum absolute atomic E-state index is 3.54. The van der Waals surface area contributed by atoms with Crippen LogP contribution in [0.25, 0.3) is 0 Å². The van der Waals surface area contributed by atoms with E-state index in [-0.39, 0.29) is 0 Å². The van der Waals surface area contributed by atoms with Crippen molar-refractivity contribution in [3.63, 3.8) is 0 Å². The van der Waals surface area contributed by atoms with Crippen molar-refractivity contribution in [2.24, 2.45) is 5.92 Å². The molecule has 0 rings (SSSR count). The second-order valence-corrected chi connectivity index (χ2v) is 5.29. The third-order valence-electron chi connectivity index (χ3n) is 3.15. The molecule has 0 bridgehead atoms. The van der Waals surface area contributed by atoms with Crippen molar-refractivity contribution in [2.45, 2.75) is 52.4 Å². The molecule has 0 aliphatic heterocycles. The Labute approximate surface area is 103 Å². The van der Waals surface area contributed by atoms with Crippen molar-refractivity contribution < 1.29 is 0 Å². The minimum Gasteiger partial charge on any atom is -0.316 e. The largest absolute Gasteiger partial charge is 0.316 e. The van der Waals surface area contributed by atoms with Crippen LogP contribution in [-0.4, -0.2) is 38.6 Å². The first kappa shape index (κ1) is 15.9. The van der Waals surface area contributed by atoms with E-state index >= 15 is 0 Å². The minimum atomic E-state index is 0.833. The van der Waals surface area contributed by atoms with Crippen molar-refractivity contribution in [1.29, 1.82) is 0 Å². The summed E-state index contributed by atoms with van der Waals surface area (Å²) in [6.07, 6.45) is 8.17. The molecular formula is C14H32N2. The van der Waals surface area contributed by atoms with Gasteiger partial charge in [0.1, 0.15) is 0 Å². The smallest absolute Gasteiger partial charge is 0.00233 e. The van der Waals surface area contributed by atoms with Gasteiger partial charge in [-0.15, -0.1) is 0 Å². The predicted octanol–water partition coefficient (Wildman–Crippen LogP) is 3.13. The molecule has 0 spiro atoms. The third kappa shape index (κ3) is 12.0. The van der Waals surface area contributed by atoms with Gasteiger partial charge in [-0.2, -0.15) is 0 Å². The van der Waals surface area contributed by atoms with Crippen LogP contribution in [-0.2, 0) is 0 Å². The van der Waals surface area contributed by atoms with Crippen molar-refractivity contribution in [3.8, 4) is 0 Å². The van der Waals surface area contributed by atoms with Crippen molar-refractivity contribution >= 4 is 0 Å². The fourth-order valence-corrected chi connectivity index (χ4v) is 1.70. The van der Waals surface area contributed by atoms with E-state index in [2.05, 4.69) is 38.2 Å². The van der Waals surface area contributed by atoms with E-state index in [4.69, 9.17) is 0 Å². The van der Waals surface area contributed by atoms with Gasteiger partial charge >= 0.3 is 0 Å². The van der Waals surface area contributed by atoms with Gasteiger partial charge in [-0.05, 0) is 52.5 Å². The van der Waals surface area contributed by atoms with Gasteiger partial charge in [0.25, 0.3) is 0 Å². The Morgan fingerprint density at radius 1 is 1.00 bits per heavy atom. The highest BCUT2D eigenvalue weighted by atomic mass is 15.0. The lowest BCUT2D eigenvalue weighted by atomic mass is 10.1. The average Bonchev–Trinajstić information content (AvgIpc) is 2.26. The van der Waals surface area contributed by atoms with Gasteiger partial charge in [-0.3, -0.25) is 0 Å². The summed E-state index contributed by atoms with van der Waals surface area (Å²) >= 11 is 0. The summed E-state index contributed by atoms with van der Waals surface area (Å²) in [5.41, 5.74) is 0. The highest BCUT2D eigenvalue weighted by molar-refractivity contribution is 4.55. The van der Waals surface area contributed by atoms with Crippen LogP contribution in [0.2, 0.25) is 0 Å². The molecule has 1 unspecified atom stereocenters. The predicted molar refractivity (Wildman–Crippen MR) is 74.0 cm³/mol. The zero-order valence-corrected chi connectivity index (χ0v) is 11.9. The molecule has 16 heavy (non-hydrogen) atoms. The number of nitrogens with one attached hydrogen (secondary N) is 1. The van der Waals surface area contributed by atoms with E-state index in [9.17, 15) is 0 Å². The number of rotatable bonds is 11. The van der Waals surface area contributed by atoms with Crippen LogP contribution in [0, 0.1) is 5.92 Å². The Morgan fingerprint density at radius 3 is 2.25 bits per heavy atom. The van der Waals surface area contributed by atoms with Crippen LogP contribution < -0.4 is 5.32 Å². The van der Waals surface area contributed by atoms with Crippen LogP contribution in [0.5, 0.6) is 0 Å². The Bertz CT molecular complexity index is 135. The fourth-order valence-electron chi connectivity index (χ4n) is 1.70. The summed E-state index contributed by atoms with van der Waals surface area (Å²) < 4.78 is 0. The first-order valence-corrected chi connectivity index (χ1v) is 7.02. The monoisotopic (exact) mass is 228 g/mol. The molecule has 0 aliphatic rings. The molecule has 0 radical (unpaired) electrons. The second kappa shape index (κ2) is 11.4. The van der Waals surface area contributed by atoms with E-state index < -0.39 is 0 Å². The molecule has 0 amide bonds. The van der Waals surface area contributed by atoms with Crippen LogP contribution in [0.3, 0.4) is 0 Å². The molecule has 98 valence electrons. The molecule has 0 saturated carbocycles. The number of unbranched alkanes of at least 4 members (excludes halogenated alkanes) is 4. The number of nitrogens with zero attached hydrogens (tertiary/aromatic N) is 1. The van der Waals surface area contributed by atoms with Crippen molar-refractivity contribution in [1.82, 2.24) is 10.2 Å². The van der Waals surface area contributed by atoms with E-state index in [0.717, 1.165) is 5.92 Å². The zero-order chi connectivity index (χ0) is 12.2. The van der Waals surface area contributed by atoms with E-state index in [0.29, 0.717) is 0 Å². The zero-order valence-electron chi connectivity index (χ0n) is 11.9. The molecule has 1 N–H and O–H groups in total.